The summed E-state index contributed by atoms with van der Waals surface area (Å²) in [4.78, 5) is 14.1. The molecule has 1 saturated heterocycles. The molecule has 0 bridgehead atoms. The molecule has 1 aliphatic heterocycles. The Morgan fingerprint density at radius 1 is 1.67 bits per heavy atom. The van der Waals surface area contributed by atoms with Gasteiger partial charge in [-0.05, 0) is 17.9 Å². The van der Waals surface area contributed by atoms with E-state index in [1.807, 2.05) is 17.5 Å². The molecule has 1 fully saturated rings. The normalized spacial score (nSPS) is 16.2. The van der Waals surface area contributed by atoms with E-state index in [0.29, 0.717) is 6.54 Å². The fourth-order valence-electron chi connectivity index (χ4n) is 1.45. The molecule has 3 nitrogen and oxygen atoms in total. The third-order valence-corrected chi connectivity index (χ3v) is 3.29. The van der Waals surface area contributed by atoms with Crippen molar-refractivity contribution in [1.82, 2.24) is 10.2 Å². The van der Waals surface area contributed by atoms with Crippen molar-refractivity contribution in [2.24, 2.45) is 0 Å². The second-order valence-electron chi connectivity index (χ2n) is 3.56. The van der Waals surface area contributed by atoms with Crippen molar-refractivity contribution < 1.29 is 9.18 Å². The maximum atomic E-state index is 12.5. The van der Waals surface area contributed by atoms with Crippen LogP contribution >= 0.6 is 11.3 Å². The second kappa shape index (κ2) is 4.61. The van der Waals surface area contributed by atoms with Crippen LogP contribution in [-0.4, -0.2) is 36.7 Å². The Morgan fingerprint density at radius 3 is 3.07 bits per heavy atom. The van der Waals surface area contributed by atoms with Crippen molar-refractivity contribution >= 4 is 17.4 Å². The highest BCUT2D eigenvalue weighted by atomic mass is 32.1. The molecule has 0 atom stereocenters. The lowest BCUT2D eigenvalue weighted by Crippen LogP contribution is -2.55. The van der Waals surface area contributed by atoms with Gasteiger partial charge in [-0.1, -0.05) is 6.07 Å². The molecule has 1 aromatic heterocycles. The van der Waals surface area contributed by atoms with Gasteiger partial charge in [0.15, 0.2) is 0 Å². The van der Waals surface area contributed by atoms with Crippen LogP contribution in [0.15, 0.2) is 17.5 Å². The first-order chi connectivity index (χ1) is 7.25. The van der Waals surface area contributed by atoms with Gasteiger partial charge in [0.1, 0.15) is 6.17 Å². The first kappa shape index (κ1) is 10.4. The van der Waals surface area contributed by atoms with Crippen molar-refractivity contribution in [3.63, 3.8) is 0 Å². The van der Waals surface area contributed by atoms with Crippen LogP contribution in [0.4, 0.5) is 9.18 Å². The number of nitrogens with zero attached hydrogens (tertiary/aromatic N) is 1. The van der Waals surface area contributed by atoms with Gasteiger partial charge in [0.2, 0.25) is 0 Å². The quantitative estimate of drug-likeness (QED) is 0.838. The number of rotatable bonds is 3. The number of urea groups is 1. The predicted octanol–water partition coefficient (Wildman–Crippen LogP) is 1.65. The minimum absolute atomic E-state index is 0.152. The molecule has 1 N–H and O–H groups in total. The number of carbonyl (C=O) groups is 1. The van der Waals surface area contributed by atoms with E-state index in [1.54, 1.807) is 11.3 Å². The molecule has 2 heterocycles. The van der Waals surface area contributed by atoms with Crippen molar-refractivity contribution in [2.45, 2.75) is 12.6 Å². The molecule has 5 heteroatoms. The number of hydrogen-bond acceptors (Lipinski definition) is 2. The summed E-state index contributed by atoms with van der Waals surface area (Å²) < 4.78 is 12.5. The molecule has 0 aliphatic carbocycles. The van der Waals surface area contributed by atoms with E-state index in [0.717, 1.165) is 6.42 Å². The van der Waals surface area contributed by atoms with Gasteiger partial charge in [-0.2, -0.15) is 0 Å². The lowest BCUT2D eigenvalue weighted by molar-refractivity contribution is 0.0900. The Balaban J connectivity index is 1.64. The highest BCUT2D eigenvalue weighted by molar-refractivity contribution is 7.09. The number of likely N-dealkylation sites (tertiary alicyclic amines) is 1. The minimum atomic E-state index is -0.826. The van der Waals surface area contributed by atoms with E-state index in [9.17, 15) is 9.18 Å². The molecule has 0 saturated carbocycles. The SMILES string of the molecule is O=C(NCCc1cccs1)N1CC(F)C1. The molecule has 0 unspecified atom stereocenters. The smallest absolute Gasteiger partial charge is 0.317 e. The van der Waals surface area contributed by atoms with E-state index >= 15 is 0 Å². The van der Waals surface area contributed by atoms with Crippen LogP contribution in [0.1, 0.15) is 4.88 Å². The van der Waals surface area contributed by atoms with Gasteiger partial charge in [-0.15, -0.1) is 11.3 Å². The van der Waals surface area contributed by atoms with Gasteiger partial charge >= 0.3 is 6.03 Å². The highest BCUT2D eigenvalue weighted by Crippen LogP contribution is 2.11. The van der Waals surface area contributed by atoms with E-state index in [1.165, 1.54) is 9.78 Å². The molecule has 0 radical (unpaired) electrons. The van der Waals surface area contributed by atoms with Crippen molar-refractivity contribution in [3.8, 4) is 0 Å². The van der Waals surface area contributed by atoms with Crippen LogP contribution in [0.3, 0.4) is 0 Å². The monoisotopic (exact) mass is 228 g/mol. The fourth-order valence-corrected chi connectivity index (χ4v) is 2.16. The average molecular weight is 228 g/mol. The topological polar surface area (TPSA) is 32.3 Å². The Hall–Kier alpha value is -1.10. The largest absolute Gasteiger partial charge is 0.338 e. The van der Waals surface area contributed by atoms with E-state index in [2.05, 4.69) is 5.32 Å². The zero-order chi connectivity index (χ0) is 10.7. The zero-order valence-electron chi connectivity index (χ0n) is 8.28. The Labute approximate surface area is 91.9 Å². The lowest BCUT2D eigenvalue weighted by atomic mass is 10.2. The second-order valence-corrected chi connectivity index (χ2v) is 4.60. The molecule has 0 spiro atoms. The Bertz CT molecular complexity index is 322. The van der Waals surface area contributed by atoms with Crippen molar-refractivity contribution in [2.75, 3.05) is 19.6 Å². The average Bonchev–Trinajstić information content (AvgIpc) is 2.65. The summed E-state index contributed by atoms with van der Waals surface area (Å²) >= 11 is 1.68. The molecule has 15 heavy (non-hydrogen) atoms. The summed E-state index contributed by atoms with van der Waals surface area (Å²) in [6, 6.07) is 3.88. The minimum Gasteiger partial charge on any atom is -0.338 e. The Kier molecular flexibility index (Phi) is 3.20. The summed E-state index contributed by atoms with van der Waals surface area (Å²) in [7, 11) is 0. The molecular formula is C10H13FN2OS. The van der Waals surface area contributed by atoms with Gasteiger partial charge in [0.05, 0.1) is 13.1 Å². The maximum Gasteiger partial charge on any atom is 0.317 e. The molecule has 2 rings (SSSR count). The number of carbonyl (C=O) groups excluding carboxylic acids is 1. The number of halogens is 1. The van der Waals surface area contributed by atoms with Gasteiger partial charge in [0.25, 0.3) is 0 Å². The summed E-state index contributed by atoms with van der Waals surface area (Å²) in [6.45, 7) is 1.10. The molecule has 82 valence electrons. The molecule has 1 aromatic rings. The first-order valence-electron chi connectivity index (χ1n) is 4.95. The number of hydrogen-bond donors (Lipinski definition) is 1. The third-order valence-electron chi connectivity index (χ3n) is 2.35. The van der Waals surface area contributed by atoms with E-state index in [-0.39, 0.29) is 19.1 Å². The number of amides is 2. The summed E-state index contributed by atoms with van der Waals surface area (Å²) in [5.74, 6) is 0. The van der Waals surface area contributed by atoms with E-state index < -0.39 is 6.17 Å². The van der Waals surface area contributed by atoms with E-state index in [4.69, 9.17) is 0 Å². The predicted molar refractivity (Wildman–Crippen MR) is 57.9 cm³/mol. The zero-order valence-corrected chi connectivity index (χ0v) is 9.10. The fraction of sp³-hybridized carbons (Fsp3) is 0.500. The molecule has 0 aromatic carbocycles. The Morgan fingerprint density at radius 2 is 2.47 bits per heavy atom. The standard InChI is InChI=1S/C10H13FN2OS/c11-8-6-13(7-8)10(14)12-4-3-9-2-1-5-15-9/h1-2,5,8H,3-4,6-7H2,(H,12,14). The van der Waals surface area contributed by atoms with Gasteiger partial charge in [0, 0.05) is 11.4 Å². The number of alkyl halides is 1. The van der Waals surface area contributed by atoms with Gasteiger partial charge in [-0.3, -0.25) is 0 Å². The molecular weight excluding hydrogens is 215 g/mol. The van der Waals surface area contributed by atoms with Crippen molar-refractivity contribution in [3.05, 3.63) is 22.4 Å². The van der Waals surface area contributed by atoms with Crippen LogP contribution in [0.2, 0.25) is 0 Å². The molecule has 2 amide bonds. The van der Waals surface area contributed by atoms with Gasteiger partial charge in [-0.25, -0.2) is 9.18 Å². The number of nitrogens with one attached hydrogen (secondary N) is 1. The summed E-state index contributed by atoms with van der Waals surface area (Å²) in [5.41, 5.74) is 0. The van der Waals surface area contributed by atoms with Crippen LogP contribution in [0.25, 0.3) is 0 Å². The third kappa shape index (κ3) is 2.68. The molecule has 1 aliphatic rings. The van der Waals surface area contributed by atoms with Crippen LogP contribution in [0, 0.1) is 0 Å². The van der Waals surface area contributed by atoms with Crippen LogP contribution in [-0.2, 0) is 6.42 Å². The maximum absolute atomic E-state index is 12.5. The number of thiophene rings is 1. The van der Waals surface area contributed by atoms with Crippen LogP contribution in [0.5, 0.6) is 0 Å². The summed E-state index contributed by atoms with van der Waals surface area (Å²) in [5, 5.41) is 4.78. The highest BCUT2D eigenvalue weighted by Gasteiger charge is 2.29. The van der Waals surface area contributed by atoms with Crippen molar-refractivity contribution in [1.29, 1.82) is 0 Å². The first-order valence-corrected chi connectivity index (χ1v) is 5.83. The summed E-state index contributed by atoms with van der Waals surface area (Å²) in [6.07, 6.45) is 0.0177. The lowest BCUT2D eigenvalue weighted by Gasteiger charge is -2.34. The van der Waals surface area contributed by atoms with Crippen LogP contribution < -0.4 is 5.32 Å². The van der Waals surface area contributed by atoms with Gasteiger partial charge < -0.3 is 10.2 Å².